The van der Waals surface area contributed by atoms with Crippen LogP contribution in [0.1, 0.15) is 29.7 Å². The predicted molar refractivity (Wildman–Crippen MR) is 179 cm³/mol. The molecule has 0 saturated heterocycles. The number of benzene rings is 4. The fourth-order valence-corrected chi connectivity index (χ4v) is 6.94. The van der Waals surface area contributed by atoms with E-state index in [1.807, 2.05) is 102 Å². The average molecular weight is 629 g/mol. The molecule has 0 fully saturated rings. The van der Waals surface area contributed by atoms with Crippen molar-refractivity contribution in [1.29, 1.82) is 0 Å². The summed E-state index contributed by atoms with van der Waals surface area (Å²) >= 11 is 1.28. The molecule has 1 aliphatic heterocycles. The Balaban J connectivity index is 1.36. The van der Waals surface area contributed by atoms with Crippen molar-refractivity contribution in [2.24, 2.45) is 4.99 Å². The van der Waals surface area contributed by atoms with Crippen molar-refractivity contribution >= 4 is 39.9 Å². The third kappa shape index (κ3) is 5.35. The number of halogens is 1. The number of carbonyl (C=O) groups excluding carboxylic acids is 1. The third-order valence-corrected chi connectivity index (χ3v) is 9.12. The molecule has 228 valence electrons. The van der Waals surface area contributed by atoms with Crippen molar-refractivity contribution in [2.45, 2.75) is 19.5 Å². The van der Waals surface area contributed by atoms with E-state index >= 15 is 0 Å². The van der Waals surface area contributed by atoms with E-state index in [1.54, 1.807) is 30.7 Å². The van der Waals surface area contributed by atoms with Gasteiger partial charge in [-0.25, -0.2) is 9.38 Å². The van der Waals surface area contributed by atoms with E-state index in [4.69, 9.17) is 9.73 Å². The number of hydrogen-bond donors (Lipinski definition) is 1. The first-order valence-electron chi connectivity index (χ1n) is 14.8. The minimum atomic E-state index is -0.713. The predicted octanol–water partition coefficient (Wildman–Crippen LogP) is 6.02. The number of nitrogens with zero attached hydrogens (tertiary/aromatic N) is 3. The number of allylic oxidation sites excluding steroid dienone is 1. The van der Waals surface area contributed by atoms with Gasteiger partial charge in [-0.3, -0.25) is 14.2 Å². The van der Waals surface area contributed by atoms with Gasteiger partial charge in [-0.2, -0.15) is 0 Å². The molecule has 0 aliphatic carbocycles. The van der Waals surface area contributed by atoms with Crippen LogP contribution in [0.2, 0.25) is 0 Å². The zero-order valence-corrected chi connectivity index (χ0v) is 25.9. The molecule has 0 bridgehead atoms. The Morgan fingerprint density at radius 2 is 1.70 bits per heavy atom. The molecule has 7 rings (SSSR count). The quantitative estimate of drug-likeness (QED) is 0.235. The van der Waals surface area contributed by atoms with Crippen molar-refractivity contribution in [3.8, 4) is 5.75 Å². The maximum absolute atomic E-state index is 14.6. The van der Waals surface area contributed by atoms with Crippen LogP contribution in [0.5, 0.6) is 5.75 Å². The Morgan fingerprint density at radius 1 is 0.978 bits per heavy atom. The number of fused-ring (bicyclic) bond motifs is 2. The smallest absolute Gasteiger partial charge is 0.271 e. The summed E-state index contributed by atoms with van der Waals surface area (Å²) in [5.41, 5.74) is 4.39. The van der Waals surface area contributed by atoms with E-state index in [-0.39, 0.29) is 17.3 Å². The highest BCUT2D eigenvalue weighted by molar-refractivity contribution is 7.07. The highest BCUT2D eigenvalue weighted by atomic mass is 32.1. The Labute approximate surface area is 267 Å². The first kappa shape index (κ1) is 29.2. The molecule has 0 unspecified atom stereocenters. The monoisotopic (exact) mass is 628 g/mol. The van der Waals surface area contributed by atoms with E-state index in [0.29, 0.717) is 44.1 Å². The molecule has 0 spiro atoms. The van der Waals surface area contributed by atoms with Crippen molar-refractivity contribution in [3.05, 3.63) is 163 Å². The summed E-state index contributed by atoms with van der Waals surface area (Å²) in [6.45, 7) is 2.14. The summed E-state index contributed by atoms with van der Waals surface area (Å²) in [6.07, 6.45) is 3.80. The summed E-state index contributed by atoms with van der Waals surface area (Å²) in [5.74, 6) is 0.0637. The van der Waals surface area contributed by atoms with Crippen LogP contribution in [0, 0.1) is 5.82 Å². The second-order valence-electron chi connectivity index (χ2n) is 11.0. The summed E-state index contributed by atoms with van der Waals surface area (Å²) < 4.78 is 24.0. The van der Waals surface area contributed by atoms with Gasteiger partial charge in [-0.15, -0.1) is 0 Å². The lowest BCUT2D eigenvalue weighted by Gasteiger charge is -2.25. The Bertz CT molecular complexity index is 2320. The van der Waals surface area contributed by atoms with Crippen LogP contribution >= 0.6 is 11.3 Å². The van der Waals surface area contributed by atoms with Gasteiger partial charge in [-0.05, 0) is 55.0 Å². The zero-order valence-electron chi connectivity index (χ0n) is 25.1. The molecule has 3 heterocycles. The van der Waals surface area contributed by atoms with Crippen LogP contribution in [0.4, 0.5) is 10.1 Å². The highest BCUT2D eigenvalue weighted by Gasteiger charge is 2.32. The molecule has 46 heavy (non-hydrogen) atoms. The van der Waals surface area contributed by atoms with Crippen molar-refractivity contribution in [2.75, 3.05) is 12.4 Å². The first-order valence-corrected chi connectivity index (χ1v) is 15.6. The van der Waals surface area contributed by atoms with E-state index in [2.05, 4.69) is 5.32 Å². The summed E-state index contributed by atoms with van der Waals surface area (Å²) in [7, 11) is 1.59. The maximum atomic E-state index is 14.6. The molecule has 1 aliphatic rings. The molecule has 1 atom stereocenters. The molecule has 6 aromatic rings. The fraction of sp³-hybridized carbons (Fsp3) is 0.108. The largest absolute Gasteiger partial charge is 0.497 e. The molecule has 0 saturated carbocycles. The van der Waals surface area contributed by atoms with E-state index < -0.39 is 6.04 Å². The van der Waals surface area contributed by atoms with Crippen LogP contribution in [0.3, 0.4) is 0 Å². The number of rotatable bonds is 7. The molecular formula is C37H29FN4O3S. The van der Waals surface area contributed by atoms with Gasteiger partial charge in [0.25, 0.3) is 11.5 Å². The van der Waals surface area contributed by atoms with Crippen LogP contribution in [-0.4, -0.2) is 22.2 Å². The van der Waals surface area contributed by atoms with Gasteiger partial charge in [0.1, 0.15) is 11.6 Å². The molecule has 9 heteroatoms. The first-order chi connectivity index (χ1) is 22.4. The number of hydrogen-bond acceptors (Lipinski definition) is 5. The summed E-state index contributed by atoms with van der Waals surface area (Å²) in [4.78, 5) is 33.4. The minimum absolute atomic E-state index is 0.256. The van der Waals surface area contributed by atoms with Crippen LogP contribution in [-0.2, 0) is 11.3 Å². The van der Waals surface area contributed by atoms with Gasteiger partial charge >= 0.3 is 0 Å². The van der Waals surface area contributed by atoms with Gasteiger partial charge in [0.2, 0.25) is 0 Å². The van der Waals surface area contributed by atoms with Crippen LogP contribution in [0.25, 0.3) is 17.0 Å². The Morgan fingerprint density at radius 3 is 2.46 bits per heavy atom. The Hall–Kier alpha value is -5.54. The van der Waals surface area contributed by atoms with Gasteiger partial charge in [0, 0.05) is 33.9 Å². The second-order valence-corrected chi connectivity index (χ2v) is 12.0. The van der Waals surface area contributed by atoms with E-state index in [0.717, 1.165) is 22.0 Å². The number of nitrogens with one attached hydrogen (secondary N) is 1. The number of aromatic nitrogens is 2. The van der Waals surface area contributed by atoms with Crippen molar-refractivity contribution < 1.29 is 13.9 Å². The number of anilines is 1. The number of thiazole rings is 1. The molecule has 1 amide bonds. The second kappa shape index (κ2) is 12.1. The molecular weight excluding hydrogens is 599 g/mol. The SMILES string of the molecule is COc1ccc([C@@H]2C(C(=O)Nc3ccccc3)=C(C)N=c3s/c(=C/c4cn(Cc5ccccc5F)c5ccccc45)c(=O)n32)cc1. The summed E-state index contributed by atoms with van der Waals surface area (Å²) in [6, 6.07) is 30.4. The number of ether oxygens (including phenoxy) is 1. The Kier molecular flexibility index (Phi) is 7.68. The lowest BCUT2D eigenvalue weighted by molar-refractivity contribution is -0.113. The van der Waals surface area contributed by atoms with Gasteiger partial charge in [0.05, 0.1) is 35.5 Å². The van der Waals surface area contributed by atoms with Gasteiger partial charge < -0.3 is 14.6 Å². The zero-order chi connectivity index (χ0) is 31.8. The van der Waals surface area contributed by atoms with Gasteiger partial charge in [-0.1, -0.05) is 78.1 Å². The normalized spacial score (nSPS) is 14.7. The van der Waals surface area contributed by atoms with E-state index in [9.17, 15) is 14.0 Å². The van der Waals surface area contributed by atoms with E-state index in [1.165, 1.54) is 17.4 Å². The molecule has 1 N–H and O–H groups in total. The van der Waals surface area contributed by atoms with Crippen molar-refractivity contribution in [3.63, 3.8) is 0 Å². The van der Waals surface area contributed by atoms with Crippen molar-refractivity contribution in [1.82, 2.24) is 9.13 Å². The minimum Gasteiger partial charge on any atom is -0.497 e. The highest BCUT2D eigenvalue weighted by Crippen LogP contribution is 2.32. The number of amides is 1. The number of methoxy groups -OCH3 is 1. The molecule has 0 radical (unpaired) electrons. The van der Waals surface area contributed by atoms with Crippen LogP contribution < -0.4 is 24.9 Å². The van der Waals surface area contributed by atoms with Gasteiger partial charge in [0.15, 0.2) is 4.80 Å². The standard InChI is InChI=1S/C37H29FN4O3S/c1-23-33(35(43)40-27-11-4-3-5-12-27)34(24-16-18-28(45-2)19-17-24)42-36(44)32(46-37(42)39-23)20-26-22-41(31-15-9-7-13-29(26)31)21-25-10-6-8-14-30(25)38/h3-20,22,34H,21H2,1-2H3,(H,40,43)/b32-20+/t34-/m1/s1. The molecule has 2 aromatic heterocycles. The fourth-order valence-electron chi connectivity index (χ4n) is 5.91. The maximum Gasteiger partial charge on any atom is 0.271 e. The molecule has 4 aromatic carbocycles. The average Bonchev–Trinajstić information content (AvgIpc) is 3.57. The summed E-state index contributed by atoms with van der Waals surface area (Å²) in [5, 5.41) is 3.92. The number of carbonyl (C=O) groups is 1. The van der Waals surface area contributed by atoms with Crippen LogP contribution in [0.15, 0.2) is 130 Å². The topological polar surface area (TPSA) is 77.6 Å². The molecule has 7 nitrogen and oxygen atoms in total. The number of para-hydroxylation sites is 2. The lowest BCUT2D eigenvalue weighted by Crippen LogP contribution is -2.40. The lowest BCUT2D eigenvalue weighted by atomic mass is 9.95. The third-order valence-electron chi connectivity index (χ3n) is 8.13.